The van der Waals surface area contributed by atoms with E-state index < -0.39 is 11.6 Å². The Hall–Kier alpha value is -0.406. The molecule has 1 aromatic rings. The zero-order valence-electron chi connectivity index (χ0n) is 9.56. The molecule has 0 radical (unpaired) electrons. The zero-order valence-corrected chi connectivity index (χ0v) is 11.1. The molecule has 1 aliphatic heterocycles. The van der Waals surface area contributed by atoms with Gasteiger partial charge in [-0.15, -0.1) is 0 Å². The van der Waals surface area contributed by atoms with Crippen molar-refractivity contribution in [2.75, 3.05) is 11.4 Å². The second-order valence-corrected chi connectivity index (χ2v) is 4.66. The van der Waals surface area contributed by atoms with E-state index in [0.717, 1.165) is 25.5 Å². The largest absolute Gasteiger partial charge is 0.364 e. The normalized spacial score (nSPS) is 18.4. The first-order valence-corrected chi connectivity index (χ1v) is 5.23. The van der Waals surface area contributed by atoms with E-state index in [2.05, 4.69) is 13.8 Å². The Bertz CT molecular complexity index is 379. The van der Waals surface area contributed by atoms with Gasteiger partial charge in [0, 0.05) is 39.9 Å². The second kappa shape index (κ2) is 4.84. The van der Waals surface area contributed by atoms with Crippen molar-refractivity contribution in [1.82, 2.24) is 0 Å². The van der Waals surface area contributed by atoms with Crippen LogP contribution in [0.2, 0.25) is 0 Å². The number of nitrogens with zero attached hydrogens (tertiary/aromatic N) is 1. The Labute approximate surface area is 110 Å². The minimum Gasteiger partial charge on any atom is -0.364 e. The molecule has 1 saturated heterocycles. The number of benzene rings is 1. The van der Waals surface area contributed by atoms with E-state index in [1.54, 1.807) is 0 Å². The summed E-state index contributed by atoms with van der Waals surface area (Å²) >= 11 is 0. The summed E-state index contributed by atoms with van der Waals surface area (Å²) in [7, 11) is 0. The Balaban J connectivity index is 0.00000128. The van der Waals surface area contributed by atoms with Crippen LogP contribution in [0.1, 0.15) is 26.7 Å². The van der Waals surface area contributed by atoms with Gasteiger partial charge >= 0.3 is 0 Å². The molecule has 0 saturated carbocycles. The van der Waals surface area contributed by atoms with Crippen molar-refractivity contribution >= 4 is 5.69 Å². The van der Waals surface area contributed by atoms with Crippen LogP contribution in [0.25, 0.3) is 0 Å². The van der Waals surface area contributed by atoms with Gasteiger partial charge in [-0.25, -0.2) is 8.78 Å². The Kier molecular flexibility index (Phi) is 4.14. The van der Waals surface area contributed by atoms with Crippen LogP contribution in [-0.2, 0) is 21.7 Å². The molecule has 0 N–H and O–H groups in total. The Morgan fingerprint density at radius 3 is 2.44 bits per heavy atom. The monoisotopic (exact) mass is 259 g/mol. The predicted octanol–water partition coefficient (Wildman–Crippen LogP) is 3.34. The summed E-state index contributed by atoms with van der Waals surface area (Å²) in [5, 5.41) is 0. The standard InChI is InChI=1S/C12H15F2N.Ti/c1-12(2)6-3-7-15(12)11-5-4-9(13)8-10(11)14;/h4-5,8H,3,6-7H2,1-2H3;. The SMILES string of the molecule is CC1(C)CCCN1c1ccc(F)cc1F.[Ti]. The average molecular weight is 259 g/mol. The molecular formula is C12H15F2NTi. The molecule has 0 amide bonds. The molecule has 0 atom stereocenters. The minimum atomic E-state index is -0.520. The molecule has 0 aliphatic carbocycles. The third-order valence-electron chi connectivity index (χ3n) is 3.10. The second-order valence-electron chi connectivity index (χ2n) is 4.66. The van der Waals surface area contributed by atoms with Crippen LogP contribution in [0.5, 0.6) is 0 Å². The summed E-state index contributed by atoms with van der Waals surface area (Å²) in [6.45, 7) is 5.02. The van der Waals surface area contributed by atoms with Crippen molar-refractivity contribution in [3.8, 4) is 0 Å². The van der Waals surface area contributed by atoms with Gasteiger partial charge in [-0.05, 0) is 38.8 Å². The van der Waals surface area contributed by atoms with E-state index in [-0.39, 0.29) is 27.3 Å². The molecule has 1 fully saturated rings. The first-order chi connectivity index (χ1) is 7.00. The fourth-order valence-corrected chi connectivity index (χ4v) is 2.25. The number of hydrogen-bond acceptors (Lipinski definition) is 1. The molecule has 1 heterocycles. The van der Waals surface area contributed by atoms with Gasteiger partial charge in [0.1, 0.15) is 11.6 Å². The van der Waals surface area contributed by atoms with Crippen LogP contribution < -0.4 is 4.90 Å². The molecule has 1 nitrogen and oxygen atoms in total. The maximum Gasteiger partial charge on any atom is 0.149 e. The molecule has 0 spiro atoms. The molecule has 0 aromatic heterocycles. The molecule has 0 unspecified atom stereocenters. The fourth-order valence-electron chi connectivity index (χ4n) is 2.25. The van der Waals surface area contributed by atoms with Crippen LogP contribution in [-0.4, -0.2) is 12.1 Å². The van der Waals surface area contributed by atoms with Crippen molar-refractivity contribution < 1.29 is 30.5 Å². The molecule has 86 valence electrons. The minimum absolute atomic E-state index is 0. The van der Waals surface area contributed by atoms with E-state index in [0.29, 0.717) is 5.69 Å². The van der Waals surface area contributed by atoms with Gasteiger partial charge in [-0.3, -0.25) is 0 Å². The predicted molar refractivity (Wildman–Crippen MR) is 57.0 cm³/mol. The quantitative estimate of drug-likeness (QED) is 0.699. The average Bonchev–Trinajstić information content (AvgIpc) is 2.46. The third-order valence-corrected chi connectivity index (χ3v) is 3.10. The van der Waals surface area contributed by atoms with Gasteiger partial charge < -0.3 is 4.90 Å². The van der Waals surface area contributed by atoms with E-state index in [1.807, 2.05) is 4.90 Å². The number of anilines is 1. The van der Waals surface area contributed by atoms with Crippen LogP contribution >= 0.6 is 0 Å². The van der Waals surface area contributed by atoms with E-state index in [1.165, 1.54) is 12.1 Å². The molecule has 16 heavy (non-hydrogen) atoms. The van der Waals surface area contributed by atoms with Gasteiger partial charge in [-0.1, -0.05) is 0 Å². The third kappa shape index (κ3) is 2.46. The number of rotatable bonds is 1. The smallest absolute Gasteiger partial charge is 0.149 e. The summed E-state index contributed by atoms with van der Waals surface area (Å²) in [5.41, 5.74) is 0.484. The van der Waals surface area contributed by atoms with Gasteiger partial charge in [-0.2, -0.15) is 0 Å². The molecule has 4 heteroatoms. The van der Waals surface area contributed by atoms with Gasteiger partial charge in [0.15, 0.2) is 0 Å². The molecule has 1 aromatic carbocycles. The summed E-state index contributed by atoms with van der Waals surface area (Å²) in [6, 6.07) is 3.79. The van der Waals surface area contributed by atoms with Crippen molar-refractivity contribution in [2.24, 2.45) is 0 Å². The van der Waals surface area contributed by atoms with Gasteiger partial charge in [0.2, 0.25) is 0 Å². The topological polar surface area (TPSA) is 3.24 Å². The van der Waals surface area contributed by atoms with Crippen LogP contribution in [0.3, 0.4) is 0 Å². The van der Waals surface area contributed by atoms with Gasteiger partial charge in [0.25, 0.3) is 0 Å². The Morgan fingerprint density at radius 1 is 1.25 bits per heavy atom. The number of halogens is 2. The summed E-state index contributed by atoms with van der Waals surface area (Å²) in [5.74, 6) is -0.988. The van der Waals surface area contributed by atoms with Crippen LogP contribution in [0.15, 0.2) is 18.2 Å². The maximum absolute atomic E-state index is 13.6. The summed E-state index contributed by atoms with van der Waals surface area (Å²) < 4.78 is 26.3. The van der Waals surface area contributed by atoms with Crippen molar-refractivity contribution in [3.63, 3.8) is 0 Å². The molecule has 1 aliphatic rings. The molecule has 2 rings (SSSR count). The maximum atomic E-state index is 13.6. The van der Waals surface area contributed by atoms with Gasteiger partial charge in [0.05, 0.1) is 5.69 Å². The van der Waals surface area contributed by atoms with Crippen LogP contribution in [0, 0.1) is 11.6 Å². The van der Waals surface area contributed by atoms with Crippen molar-refractivity contribution in [1.29, 1.82) is 0 Å². The van der Waals surface area contributed by atoms with Crippen molar-refractivity contribution in [3.05, 3.63) is 29.8 Å². The first-order valence-electron chi connectivity index (χ1n) is 5.23. The van der Waals surface area contributed by atoms with Crippen LogP contribution in [0.4, 0.5) is 14.5 Å². The van der Waals surface area contributed by atoms with Crippen molar-refractivity contribution in [2.45, 2.75) is 32.2 Å². The summed E-state index contributed by atoms with van der Waals surface area (Å²) in [6.07, 6.45) is 2.10. The van der Waals surface area contributed by atoms with E-state index in [4.69, 9.17) is 0 Å². The fraction of sp³-hybridized carbons (Fsp3) is 0.500. The zero-order chi connectivity index (χ0) is 11.1. The number of hydrogen-bond donors (Lipinski definition) is 0. The molecular weight excluding hydrogens is 244 g/mol. The van der Waals surface area contributed by atoms with E-state index in [9.17, 15) is 8.78 Å². The summed E-state index contributed by atoms with van der Waals surface area (Å²) in [4.78, 5) is 2.02. The Morgan fingerprint density at radius 2 is 1.94 bits per heavy atom. The molecule has 0 bridgehead atoms. The van der Waals surface area contributed by atoms with E-state index >= 15 is 0 Å². The first kappa shape index (κ1) is 13.7.